The number of nitrogens with two attached hydrogens (primary N) is 1. The molecule has 1 aliphatic heterocycles. The van der Waals surface area contributed by atoms with E-state index in [1.54, 1.807) is 38.4 Å². The molecule has 1 saturated heterocycles. The van der Waals surface area contributed by atoms with Gasteiger partial charge in [-0.1, -0.05) is 24.3 Å². The highest BCUT2D eigenvalue weighted by Crippen LogP contribution is 2.47. The Morgan fingerprint density at radius 1 is 1.00 bits per heavy atom. The minimum Gasteiger partial charge on any atom is -0.493 e. The van der Waals surface area contributed by atoms with Crippen LogP contribution in [0.3, 0.4) is 0 Å². The lowest BCUT2D eigenvalue weighted by Gasteiger charge is -2.24. The van der Waals surface area contributed by atoms with E-state index in [-0.39, 0.29) is 5.25 Å². The zero-order chi connectivity index (χ0) is 20.5. The molecule has 2 atom stereocenters. The third-order valence-electron chi connectivity index (χ3n) is 4.85. The Morgan fingerprint density at radius 2 is 1.69 bits per heavy atom. The van der Waals surface area contributed by atoms with Crippen molar-refractivity contribution in [3.8, 4) is 17.2 Å². The number of methoxy groups -OCH3 is 3. The number of aromatic nitrogens is 1. The average molecular weight is 410 g/mol. The zero-order valence-electron chi connectivity index (χ0n) is 16.4. The van der Waals surface area contributed by atoms with Gasteiger partial charge in [0.15, 0.2) is 11.5 Å². The SMILES string of the molecule is COc1cc(N2C(=N)C(c3ccc4ccccc4n3)SC2N)cc(OC)c1OC. The van der Waals surface area contributed by atoms with Gasteiger partial charge in [-0.15, -0.1) is 11.8 Å². The molecule has 0 bridgehead atoms. The van der Waals surface area contributed by atoms with Gasteiger partial charge in [0.2, 0.25) is 5.75 Å². The summed E-state index contributed by atoms with van der Waals surface area (Å²) in [7, 11) is 4.68. The summed E-state index contributed by atoms with van der Waals surface area (Å²) >= 11 is 1.48. The molecule has 2 unspecified atom stereocenters. The highest BCUT2D eigenvalue weighted by molar-refractivity contribution is 8.01. The zero-order valence-corrected chi connectivity index (χ0v) is 17.2. The van der Waals surface area contributed by atoms with Crippen molar-refractivity contribution in [2.24, 2.45) is 5.73 Å². The van der Waals surface area contributed by atoms with E-state index >= 15 is 0 Å². The normalized spacial score (nSPS) is 18.9. The maximum absolute atomic E-state index is 8.80. The van der Waals surface area contributed by atoms with Crippen LogP contribution in [0.25, 0.3) is 10.9 Å². The first kappa shape index (κ1) is 19.4. The fourth-order valence-corrected chi connectivity index (χ4v) is 4.61. The number of rotatable bonds is 5. The molecule has 0 saturated carbocycles. The lowest BCUT2D eigenvalue weighted by Crippen LogP contribution is -2.38. The molecule has 2 heterocycles. The van der Waals surface area contributed by atoms with Gasteiger partial charge in [0, 0.05) is 17.5 Å². The van der Waals surface area contributed by atoms with Crippen molar-refractivity contribution in [3.05, 3.63) is 54.2 Å². The van der Waals surface area contributed by atoms with E-state index in [4.69, 9.17) is 30.3 Å². The molecule has 0 radical (unpaired) electrons. The molecule has 7 nitrogen and oxygen atoms in total. The van der Waals surface area contributed by atoms with Crippen LogP contribution in [0.4, 0.5) is 5.69 Å². The van der Waals surface area contributed by atoms with E-state index in [2.05, 4.69) is 0 Å². The Balaban J connectivity index is 1.72. The summed E-state index contributed by atoms with van der Waals surface area (Å²) in [6, 6.07) is 15.5. The Bertz CT molecular complexity index is 1050. The second kappa shape index (κ2) is 7.81. The summed E-state index contributed by atoms with van der Waals surface area (Å²) in [6.45, 7) is 0. The van der Waals surface area contributed by atoms with Crippen molar-refractivity contribution < 1.29 is 14.2 Å². The fourth-order valence-electron chi connectivity index (χ4n) is 3.46. The molecular formula is C21H22N4O3S. The lowest BCUT2D eigenvalue weighted by atomic mass is 10.1. The molecule has 1 fully saturated rings. The first-order valence-electron chi connectivity index (χ1n) is 9.01. The molecule has 8 heteroatoms. The number of pyridine rings is 1. The standard InChI is InChI=1S/C21H22N4O3S/c1-26-16-10-13(11-17(27-2)18(16)28-3)25-20(22)19(29-21(25)23)15-9-8-12-6-4-5-7-14(12)24-15/h4-11,19,21-22H,23H2,1-3H3. The molecule has 3 N–H and O–H groups in total. The van der Waals surface area contributed by atoms with Crippen LogP contribution in [-0.4, -0.2) is 37.6 Å². The number of hydrogen-bond donors (Lipinski definition) is 2. The van der Waals surface area contributed by atoms with Crippen molar-refractivity contribution in [2.75, 3.05) is 26.2 Å². The van der Waals surface area contributed by atoms with Gasteiger partial charge in [-0.05, 0) is 12.1 Å². The number of ether oxygens (including phenoxy) is 3. The predicted molar refractivity (Wildman–Crippen MR) is 116 cm³/mol. The van der Waals surface area contributed by atoms with E-state index in [9.17, 15) is 0 Å². The van der Waals surface area contributed by atoms with Crippen LogP contribution in [-0.2, 0) is 0 Å². The molecule has 4 rings (SSSR count). The van der Waals surface area contributed by atoms with Crippen molar-refractivity contribution in [1.29, 1.82) is 5.41 Å². The van der Waals surface area contributed by atoms with Gasteiger partial charge in [-0.3, -0.25) is 10.4 Å². The Morgan fingerprint density at radius 3 is 2.34 bits per heavy atom. The smallest absolute Gasteiger partial charge is 0.203 e. The molecule has 0 amide bonds. The van der Waals surface area contributed by atoms with Gasteiger partial charge in [0.1, 0.15) is 16.6 Å². The van der Waals surface area contributed by atoms with Gasteiger partial charge in [-0.25, -0.2) is 0 Å². The third-order valence-corrected chi connectivity index (χ3v) is 6.08. The summed E-state index contributed by atoms with van der Waals surface area (Å²) in [5.74, 6) is 1.89. The van der Waals surface area contributed by atoms with E-state index in [1.807, 2.05) is 36.4 Å². The molecular weight excluding hydrogens is 388 g/mol. The maximum Gasteiger partial charge on any atom is 0.203 e. The van der Waals surface area contributed by atoms with Crippen LogP contribution in [0.1, 0.15) is 10.9 Å². The number of thioether (sulfide) groups is 1. The molecule has 0 aliphatic carbocycles. The number of nitrogens with zero attached hydrogens (tertiary/aromatic N) is 2. The number of amidine groups is 1. The lowest BCUT2D eigenvalue weighted by molar-refractivity contribution is 0.324. The minimum absolute atomic E-state index is 0.270. The number of hydrogen-bond acceptors (Lipinski definition) is 7. The number of anilines is 1. The van der Waals surface area contributed by atoms with Crippen LogP contribution in [0.5, 0.6) is 17.2 Å². The van der Waals surface area contributed by atoms with Crippen LogP contribution >= 0.6 is 11.8 Å². The van der Waals surface area contributed by atoms with Crippen LogP contribution in [0.2, 0.25) is 0 Å². The largest absolute Gasteiger partial charge is 0.493 e. The molecule has 150 valence electrons. The molecule has 2 aromatic carbocycles. The summed E-state index contributed by atoms with van der Waals surface area (Å²) in [6.07, 6.45) is 0. The molecule has 29 heavy (non-hydrogen) atoms. The van der Waals surface area contributed by atoms with Gasteiger partial charge in [0.05, 0.1) is 38.2 Å². The number of nitrogens with one attached hydrogen (secondary N) is 1. The van der Waals surface area contributed by atoms with Crippen LogP contribution in [0.15, 0.2) is 48.5 Å². The number of benzene rings is 2. The second-order valence-corrected chi connectivity index (χ2v) is 7.70. The highest BCUT2D eigenvalue weighted by atomic mass is 32.2. The second-order valence-electron chi connectivity index (χ2n) is 6.47. The molecule has 1 aromatic heterocycles. The first-order valence-corrected chi connectivity index (χ1v) is 9.96. The minimum atomic E-state index is -0.441. The molecule has 1 aliphatic rings. The Hall–Kier alpha value is -2.97. The average Bonchev–Trinajstić information content (AvgIpc) is 3.06. The monoisotopic (exact) mass is 410 g/mol. The topological polar surface area (TPSA) is 93.7 Å². The highest BCUT2D eigenvalue weighted by Gasteiger charge is 2.39. The first-order chi connectivity index (χ1) is 14.1. The van der Waals surface area contributed by atoms with Gasteiger partial charge >= 0.3 is 0 Å². The van der Waals surface area contributed by atoms with Crippen molar-refractivity contribution >= 4 is 34.2 Å². The summed E-state index contributed by atoms with van der Waals surface area (Å²) in [4.78, 5) is 6.51. The predicted octanol–water partition coefficient (Wildman–Crippen LogP) is 3.77. The van der Waals surface area contributed by atoms with E-state index in [0.29, 0.717) is 28.8 Å². The van der Waals surface area contributed by atoms with E-state index < -0.39 is 5.50 Å². The van der Waals surface area contributed by atoms with Crippen LogP contribution in [0, 0.1) is 5.41 Å². The van der Waals surface area contributed by atoms with Crippen molar-refractivity contribution in [1.82, 2.24) is 4.98 Å². The Labute approximate surface area is 173 Å². The summed E-state index contributed by atoms with van der Waals surface area (Å²) in [5.41, 5.74) is 8.37. The quantitative estimate of drug-likeness (QED) is 0.661. The van der Waals surface area contributed by atoms with E-state index in [0.717, 1.165) is 16.6 Å². The Kier molecular flexibility index (Phi) is 5.21. The third kappa shape index (κ3) is 3.34. The van der Waals surface area contributed by atoms with Gasteiger partial charge < -0.3 is 24.8 Å². The number of fused-ring (bicyclic) bond motifs is 1. The van der Waals surface area contributed by atoms with Gasteiger partial charge in [-0.2, -0.15) is 0 Å². The van der Waals surface area contributed by atoms with Crippen molar-refractivity contribution in [3.63, 3.8) is 0 Å². The summed E-state index contributed by atoms with van der Waals surface area (Å²) in [5, 5.41) is 9.60. The maximum atomic E-state index is 8.80. The molecule has 3 aromatic rings. The van der Waals surface area contributed by atoms with Crippen molar-refractivity contribution in [2.45, 2.75) is 10.7 Å². The molecule has 0 spiro atoms. The van der Waals surface area contributed by atoms with Crippen LogP contribution < -0.4 is 24.8 Å². The number of para-hydroxylation sites is 1. The summed E-state index contributed by atoms with van der Waals surface area (Å²) < 4.78 is 16.3. The van der Waals surface area contributed by atoms with E-state index in [1.165, 1.54) is 11.8 Å². The van der Waals surface area contributed by atoms with Gasteiger partial charge in [0.25, 0.3) is 0 Å². The fraction of sp³-hybridized carbons (Fsp3) is 0.238.